The van der Waals surface area contributed by atoms with E-state index in [1.165, 1.54) is 6.20 Å². The van der Waals surface area contributed by atoms with E-state index in [9.17, 15) is 13.2 Å². The molecule has 0 aliphatic heterocycles. The molecule has 2 rings (SSSR count). The van der Waals surface area contributed by atoms with Crippen LogP contribution >= 0.6 is 0 Å². The van der Waals surface area contributed by atoms with Crippen molar-refractivity contribution in [2.45, 2.75) is 43.0 Å². The molecular weight excluding hydrogens is 256 g/mol. The Morgan fingerprint density at radius 3 is 2.61 bits per heavy atom. The van der Waals surface area contributed by atoms with Crippen molar-refractivity contribution < 1.29 is 18.3 Å². The van der Waals surface area contributed by atoms with Crippen molar-refractivity contribution in [2.24, 2.45) is 0 Å². The number of carboxylic acids is 1. The predicted octanol–water partition coefficient (Wildman–Crippen LogP) is 1.32. The summed E-state index contributed by atoms with van der Waals surface area (Å²) in [6, 6.07) is 1.13. The van der Waals surface area contributed by atoms with Crippen molar-refractivity contribution in [2.75, 3.05) is 0 Å². The Balaban J connectivity index is 2.22. The zero-order chi connectivity index (χ0) is 13.4. The standard InChI is InChI=1S/C11H16N2O4S/c1-2-11(4-3-5-11)13-18(16,17)8-6-9(10(14)15)12-7-8/h6-7,12-13H,2-5H2,1H3,(H,14,15). The Morgan fingerprint density at radius 2 is 2.22 bits per heavy atom. The molecule has 1 aliphatic carbocycles. The van der Waals surface area contributed by atoms with Crippen LogP contribution in [0.3, 0.4) is 0 Å². The fourth-order valence-electron chi connectivity index (χ4n) is 2.13. The van der Waals surface area contributed by atoms with Gasteiger partial charge >= 0.3 is 5.97 Å². The van der Waals surface area contributed by atoms with Crippen molar-refractivity contribution in [3.63, 3.8) is 0 Å². The second kappa shape index (κ2) is 4.40. The number of carbonyl (C=O) groups is 1. The monoisotopic (exact) mass is 272 g/mol. The average Bonchev–Trinajstić information content (AvgIpc) is 2.73. The van der Waals surface area contributed by atoms with Crippen LogP contribution in [0.1, 0.15) is 43.1 Å². The molecule has 0 amide bonds. The van der Waals surface area contributed by atoms with Gasteiger partial charge in [-0.3, -0.25) is 0 Å². The second-order valence-electron chi connectivity index (χ2n) is 4.65. The molecule has 1 fully saturated rings. The van der Waals surface area contributed by atoms with Crippen molar-refractivity contribution >= 4 is 16.0 Å². The summed E-state index contributed by atoms with van der Waals surface area (Å²) in [6.45, 7) is 1.95. The molecule has 0 unspecified atom stereocenters. The molecule has 0 bridgehead atoms. The highest BCUT2D eigenvalue weighted by molar-refractivity contribution is 7.89. The summed E-state index contributed by atoms with van der Waals surface area (Å²) in [5, 5.41) is 8.75. The Hall–Kier alpha value is -1.34. The highest BCUT2D eigenvalue weighted by atomic mass is 32.2. The third kappa shape index (κ3) is 2.28. The van der Waals surface area contributed by atoms with Crippen molar-refractivity contribution in [3.05, 3.63) is 18.0 Å². The highest BCUT2D eigenvalue weighted by Crippen LogP contribution is 2.36. The Kier molecular flexibility index (Phi) is 3.20. The van der Waals surface area contributed by atoms with E-state index in [-0.39, 0.29) is 16.1 Å². The van der Waals surface area contributed by atoms with E-state index in [2.05, 4.69) is 9.71 Å². The largest absolute Gasteiger partial charge is 0.477 e. The van der Waals surface area contributed by atoms with Gasteiger partial charge in [0.05, 0.1) is 0 Å². The maximum absolute atomic E-state index is 12.1. The van der Waals surface area contributed by atoms with Crippen molar-refractivity contribution in [1.82, 2.24) is 9.71 Å². The Bertz CT molecular complexity index is 552. The maximum Gasteiger partial charge on any atom is 0.352 e. The van der Waals surface area contributed by atoms with Crippen LogP contribution in [0.15, 0.2) is 17.2 Å². The lowest BCUT2D eigenvalue weighted by Gasteiger charge is -2.41. The van der Waals surface area contributed by atoms with Crippen LogP contribution in [0.4, 0.5) is 0 Å². The van der Waals surface area contributed by atoms with E-state index in [1.807, 2.05) is 6.92 Å². The third-order valence-electron chi connectivity index (χ3n) is 3.54. The zero-order valence-corrected chi connectivity index (χ0v) is 10.9. The molecule has 6 nitrogen and oxygen atoms in total. The summed E-state index contributed by atoms with van der Waals surface area (Å²) in [5.41, 5.74) is -0.478. The number of H-pyrrole nitrogens is 1. The first-order chi connectivity index (χ1) is 8.38. The van der Waals surface area contributed by atoms with Gasteiger partial charge in [0.25, 0.3) is 0 Å². The minimum atomic E-state index is -3.65. The van der Waals surface area contributed by atoms with Crippen LogP contribution in [0.2, 0.25) is 0 Å². The highest BCUT2D eigenvalue weighted by Gasteiger charge is 2.39. The quantitative estimate of drug-likeness (QED) is 0.752. The maximum atomic E-state index is 12.1. The number of nitrogens with one attached hydrogen (secondary N) is 2. The number of aromatic nitrogens is 1. The summed E-state index contributed by atoms with van der Waals surface area (Å²) in [5.74, 6) is -1.18. The lowest BCUT2D eigenvalue weighted by atomic mass is 9.76. The van der Waals surface area contributed by atoms with Crippen LogP contribution in [-0.2, 0) is 10.0 Å². The van der Waals surface area contributed by atoms with Gasteiger partial charge < -0.3 is 10.1 Å². The number of sulfonamides is 1. The van der Waals surface area contributed by atoms with Crippen molar-refractivity contribution in [1.29, 1.82) is 0 Å². The van der Waals surface area contributed by atoms with E-state index in [0.29, 0.717) is 0 Å². The van der Waals surface area contributed by atoms with E-state index >= 15 is 0 Å². The third-order valence-corrected chi connectivity index (χ3v) is 5.09. The normalized spacial score (nSPS) is 18.3. The molecule has 1 aromatic rings. The van der Waals surface area contributed by atoms with Crippen LogP contribution < -0.4 is 4.72 Å². The molecule has 1 aromatic heterocycles. The van der Waals surface area contributed by atoms with E-state index in [0.717, 1.165) is 31.7 Å². The van der Waals surface area contributed by atoms with Crippen LogP contribution in [0.25, 0.3) is 0 Å². The number of rotatable bonds is 5. The first kappa shape index (κ1) is 13.1. The first-order valence-corrected chi connectivity index (χ1v) is 7.32. The fourth-order valence-corrected chi connectivity index (χ4v) is 3.65. The van der Waals surface area contributed by atoms with Gasteiger partial charge in [-0.1, -0.05) is 6.92 Å². The lowest BCUT2D eigenvalue weighted by Crippen LogP contribution is -2.52. The number of carboxylic acid groups (broad SMARTS) is 1. The lowest BCUT2D eigenvalue weighted by molar-refractivity contribution is 0.0691. The van der Waals surface area contributed by atoms with Gasteiger partial charge in [0.2, 0.25) is 10.0 Å². The summed E-state index contributed by atoms with van der Waals surface area (Å²) in [4.78, 5) is 13.1. The van der Waals surface area contributed by atoms with Gasteiger partial charge in [-0.2, -0.15) is 0 Å². The summed E-state index contributed by atoms with van der Waals surface area (Å²) >= 11 is 0. The van der Waals surface area contributed by atoms with Gasteiger partial charge in [0, 0.05) is 11.7 Å². The second-order valence-corrected chi connectivity index (χ2v) is 6.33. The van der Waals surface area contributed by atoms with Gasteiger partial charge in [0.15, 0.2) is 0 Å². The van der Waals surface area contributed by atoms with E-state index in [4.69, 9.17) is 5.11 Å². The fraction of sp³-hybridized carbons (Fsp3) is 0.545. The molecule has 3 N–H and O–H groups in total. The summed E-state index contributed by atoms with van der Waals surface area (Å²) in [6.07, 6.45) is 4.62. The molecule has 18 heavy (non-hydrogen) atoms. The molecule has 0 radical (unpaired) electrons. The summed E-state index contributed by atoms with van der Waals surface area (Å²) in [7, 11) is -3.65. The van der Waals surface area contributed by atoms with Crippen LogP contribution in [0, 0.1) is 0 Å². The molecular formula is C11H16N2O4S. The predicted molar refractivity (Wildman–Crippen MR) is 64.9 cm³/mol. The molecule has 0 spiro atoms. The van der Waals surface area contributed by atoms with Crippen molar-refractivity contribution in [3.8, 4) is 0 Å². The van der Waals surface area contributed by atoms with E-state index in [1.54, 1.807) is 0 Å². The zero-order valence-electron chi connectivity index (χ0n) is 10.1. The first-order valence-electron chi connectivity index (χ1n) is 5.84. The molecule has 0 saturated heterocycles. The van der Waals surface area contributed by atoms with Crippen LogP contribution in [0.5, 0.6) is 0 Å². The molecule has 0 aromatic carbocycles. The number of hydrogen-bond acceptors (Lipinski definition) is 3. The smallest absolute Gasteiger partial charge is 0.352 e. The molecule has 7 heteroatoms. The number of aromatic amines is 1. The molecule has 0 atom stereocenters. The Labute approximate surface area is 105 Å². The minimum Gasteiger partial charge on any atom is -0.477 e. The molecule has 1 aliphatic rings. The topological polar surface area (TPSA) is 99.3 Å². The average molecular weight is 272 g/mol. The Morgan fingerprint density at radius 1 is 1.56 bits per heavy atom. The van der Waals surface area contributed by atoms with Gasteiger partial charge in [-0.05, 0) is 31.7 Å². The van der Waals surface area contributed by atoms with Gasteiger partial charge in [0.1, 0.15) is 10.6 Å². The minimum absolute atomic E-state index is 0.0281. The van der Waals surface area contributed by atoms with Gasteiger partial charge in [-0.25, -0.2) is 17.9 Å². The molecule has 1 heterocycles. The molecule has 1 saturated carbocycles. The number of aromatic carboxylic acids is 1. The SMILES string of the molecule is CCC1(NS(=O)(=O)c2c[nH]c(C(=O)O)c2)CCC1. The number of hydrogen-bond donors (Lipinski definition) is 3. The van der Waals surface area contributed by atoms with Gasteiger partial charge in [-0.15, -0.1) is 0 Å². The van der Waals surface area contributed by atoms with Crippen LogP contribution in [-0.4, -0.2) is 30.0 Å². The van der Waals surface area contributed by atoms with E-state index < -0.39 is 16.0 Å². The summed E-state index contributed by atoms with van der Waals surface area (Å²) < 4.78 is 26.9. The molecule has 100 valence electrons.